The largest absolute Gasteiger partial charge is 0.322 e. The number of amides is 4. The molecule has 0 atom stereocenters. The number of para-hydroxylation sites is 2. The van der Waals surface area contributed by atoms with Crippen molar-refractivity contribution in [2.45, 2.75) is 52.4 Å². The van der Waals surface area contributed by atoms with Gasteiger partial charge in [-0.3, -0.25) is 39.4 Å². The van der Waals surface area contributed by atoms with Crippen molar-refractivity contribution in [1.29, 1.82) is 0 Å². The number of benzene rings is 4. The van der Waals surface area contributed by atoms with E-state index >= 15 is 0 Å². The quantitative estimate of drug-likeness (QED) is 0.159. The minimum absolute atomic E-state index is 0.0123. The normalized spacial score (nSPS) is 14.7. The Balaban J connectivity index is 0.000000201. The third-order valence-electron chi connectivity index (χ3n) is 9.11. The highest BCUT2D eigenvalue weighted by atomic mass is 16.6. The molecule has 52 heavy (non-hydrogen) atoms. The number of nitro groups is 2. The van der Waals surface area contributed by atoms with E-state index in [0.29, 0.717) is 24.5 Å². The minimum atomic E-state index is -0.586. The monoisotopic (exact) mass is 706 g/mol. The zero-order valence-electron chi connectivity index (χ0n) is 29.6. The van der Waals surface area contributed by atoms with Gasteiger partial charge in [-0.1, -0.05) is 64.1 Å². The lowest BCUT2D eigenvalue weighted by Crippen LogP contribution is -2.32. The van der Waals surface area contributed by atoms with Gasteiger partial charge >= 0.3 is 0 Å². The van der Waals surface area contributed by atoms with Crippen molar-refractivity contribution in [2.75, 3.05) is 33.5 Å². The summed E-state index contributed by atoms with van der Waals surface area (Å²) in [5, 5.41) is 27.6. The Labute approximate surface area is 299 Å². The van der Waals surface area contributed by atoms with Crippen molar-refractivity contribution in [1.82, 2.24) is 0 Å². The van der Waals surface area contributed by atoms with Crippen LogP contribution < -0.4 is 20.4 Å². The molecule has 2 aliphatic rings. The summed E-state index contributed by atoms with van der Waals surface area (Å²) in [5.74, 6) is -1.27. The predicted octanol–water partition coefficient (Wildman–Crippen LogP) is 6.98. The van der Waals surface area contributed by atoms with Crippen LogP contribution in [-0.4, -0.2) is 46.6 Å². The Kier molecular flexibility index (Phi) is 9.96. The van der Waals surface area contributed by atoms with E-state index in [0.717, 1.165) is 22.5 Å². The fraction of sp³-hybridized carbons (Fsp3) is 0.263. The molecule has 14 heteroatoms. The predicted molar refractivity (Wildman–Crippen MR) is 197 cm³/mol. The Morgan fingerprint density at radius 1 is 0.596 bits per heavy atom. The number of hydrogen-bond acceptors (Lipinski definition) is 8. The smallest absolute Gasteiger partial charge is 0.282 e. The van der Waals surface area contributed by atoms with Crippen LogP contribution in [0, 0.1) is 20.2 Å². The molecule has 14 nitrogen and oxygen atoms in total. The number of fused-ring (bicyclic) bond motifs is 2. The van der Waals surface area contributed by atoms with Crippen molar-refractivity contribution in [3.05, 3.63) is 127 Å². The van der Waals surface area contributed by atoms with E-state index in [4.69, 9.17) is 0 Å². The molecular formula is C38H38N6O8. The number of anilines is 4. The summed E-state index contributed by atoms with van der Waals surface area (Å²) in [7, 11) is 0. The molecule has 0 radical (unpaired) electrons. The number of nitro benzene ring substituents is 2. The van der Waals surface area contributed by atoms with Crippen LogP contribution in [-0.2, 0) is 20.4 Å². The van der Waals surface area contributed by atoms with Crippen molar-refractivity contribution in [2.24, 2.45) is 0 Å². The fourth-order valence-corrected chi connectivity index (χ4v) is 6.55. The molecular weight excluding hydrogens is 668 g/mol. The molecule has 0 unspecified atom stereocenters. The van der Waals surface area contributed by atoms with Gasteiger partial charge in [0.2, 0.25) is 11.8 Å². The van der Waals surface area contributed by atoms with Crippen molar-refractivity contribution < 1.29 is 29.0 Å². The number of rotatable bonds is 6. The van der Waals surface area contributed by atoms with Crippen LogP contribution >= 0.6 is 0 Å². The van der Waals surface area contributed by atoms with Crippen molar-refractivity contribution >= 4 is 57.8 Å². The highest BCUT2D eigenvalue weighted by molar-refractivity contribution is 6.08. The zero-order chi connectivity index (χ0) is 38.1. The Bertz CT molecular complexity index is 1990. The maximum Gasteiger partial charge on any atom is 0.282 e. The molecule has 0 aromatic heterocycles. The first-order valence-electron chi connectivity index (χ1n) is 16.4. The lowest BCUT2D eigenvalue weighted by Gasteiger charge is -2.19. The van der Waals surface area contributed by atoms with E-state index in [9.17, 15) is 39.4 Å². The number of nitrogens with zero attached hydrogens (tertiary/aromatic N) is 4. The van der Waals surface area contributed by atoms with Gasteiger partial charge in [-0.15, -0.1) is 0 Å². The topological polar surface area (TPSA) is 185 Å². The van der Waals surface area contributed by atoms with Crippen LogP contribution in [0.25, 0.3) is 0 Å². The second kappa shape index (κ2) is 14.1. The Hall–Kier alpha value is -6.44. The summed E-state index contributed by atoms with van der Waals surface area (Å²) < 4.78 is 0. The molecule has 4 aromatic rings. The zero-order valence-corrected chi connectivity index (χ0v) is 29.6. The van der Waals surface area contributed by atoms with Gasteiger partial charge in [0.25, 0.3) is 23.2 Å². The third kappa shape index (κ3) is 7.36. The molecule has 0 fully saturated rings. The first kappa shape index (κ1) is 36.8. The highest BCUT2D eigenvalue weighted by Gasteiger charge is 2.38. The van der Waals surface area contributed by atoms with E-state index in [1.807, 2.05) is 12.1 Å². The highest BCUT2D eigenvalue weighted by Crippen LogP contribution is 2.43. The standard InChI is InChI=1S/2C19H19N3O4/c2*1-12(23)21-11-19(2,3)15-9-8-13(10-17(15)21)20-18(24)14-6-4-5-7-16(14)22(25)26/h2*4-10H,11H2,1-3H3,(H,20,24). The van der Waals surface area contributed by atoms with Crippen molar-refractivity contribution in [3.63, 3.8) is 0 Å². The van der Waals surface area contributed by atoms with Crippen molar-refractivity contribution in [3.8, 4) is 0 Å². The summed E-state index contributed by atoms with van der Waals surface area (Å²) in [4.78, 5) is 73.2. The maximum absolute atomic E-state index is 12.5. The number of nitrogens with one attached hydrogen (secondary N) is 2. The van der Waals surface area contributed by atoms with E-state index < -0.39 is 21.7 Å². The van der Waals surface area contributed by atoms with Gasteiger partial charge in [-0.25, -0.2) is 0 Å². The van der Waals surface area contributed by atoms with Crippen LogP contribution in [0.2, 0.25) is 0 Å². The van der Waals surface area contributed by atoms with E-state index in [-0.39, 0.29) is 45.1 Å². The molecule has 4 amide bonds. The first-order chi connectivity index (χ1) is 24.4. The van der Waals surface area contributed by atoms with Gasteiger partial charge in [0.1, 0.15) is 11.1 Å². The van der Waals surface area contributed by atoms with E-state index in [1.165, 1.54) is 50.2 Å². The number of carbonyl (C=O) groups is 4. The van der Waals surface area contributed by atoms with Crippen LogP contribution in [0.4, 0.5) is 34.1 Å². The number of hydrogen-bond donors (Lipinski definition) is 2. The fourth-order valence-electron chi connectivity index (χ4n) is 6.55. The lowest BCUT2D eigenvalue weighted by atomic mass is 9.87. The molecule has 6 rings (SSSR count). The molecule has 0 aliphatic carbocycles. The van der Waals surface area contributed by atoms with Gasteiger partial charge in [-0.05, 0) is 47.5 Å². The molecule has 2 aliphatic heterocycles. The van der Waals surface area contributed by atoms with Gasteiger partial charge in [0, 0.05) is 72.6 Å². The first-order valence-corrected chi connectivity index (χ1v) is 16.4. The average molecular weight is 707 g/mol. The molecule has 0 saturated carbocycles. The van der Waals surface area contributed by atoms with Crippen LogP contribution in [0.1, 0.15) is 73.4 Å². The van der Waals surface area contributed by atoms with Gasteiger partial charge in [0.15, 0.2) is 0 Å². The van der Waals surface area contributed by atoms with Crippen LogP contribution in [0.5, 0.6) is 0 Å². The maximum atomic E-state index is 12.5. The van der Waals surface area contributed by atoms with Gasteiger partial charge in [-0.2, -0.15) is 0 Å². The minimum Gasteiger partial charge on any atom is -0.322 e. The van der Waals surface area contributed by atoms with Crippen LogP contribution in [0.3, 0.4) is 0 Å². The Morgan fingerprint density at radius 3 is 1.27 bits per heavy atom. The summed E-state index contributed by atoms with van der Waals surface area (Å²) in [6, 6.07) is 22.3. The van der Waals surface area contributed by atoms with E-state index in [2.05, 4.69) is 38.3 Å². The molecule has 2 heterocycles. The summed E-state index contributed by atoms with van der Waals surface area (Å²) >= 11 is 0. The SMILES string of the molecule is CC(=O)N1CC(C)(C)c2ccc(NC(=O)c3ccccc3[N+](=O)[O-])cc21.CC(=O)N1CC(C)(C)c2ccc(NC(=O)c3ccccc3[N+](=O)[O-])cc21. The molecule has 0 spiro atoms. The van der Waals surface area contributed by atoms with Gasteiger partial charge in [0.05, 0.1) is 9.85 Å². The average Bonchev–Trinajstić information content (AvgIpc) is 3.53. The van der Waals surface area contributed by atoms with Crippen LogP contribution in [0.15, 0.2) is 84.9 Å². The number of carbonyl (C=O) groups excluding carboxylic acids is 4. The van der Waals surface area contributed by atoms with E-state index in [1.54, 1.807) is 46.2 Å². The summed E-state index contributed by atoms with van der Waals surface area (Å²) in [5.41, 5.74) is 3.63. The lowest BCUT2D eigenvalue weighted by molar-refractivity contribution is -0.385. The van der Waals surface area contributed by atoms with Gasteiger partial charge < -0.3 is 20.4 Å². The molecule has 2 N–H and O–H groups in total. The molecule has 0 saturated heterocycles. The molecule has 0 bridgehead atoms. The summed E-state index contributed by atoms with van der Waals surface area (Å²) in [6.07, 6.45) is 0. The summed E-state index contributed by atoms with van der Waals surface area (Å²) in [6.45, 7) is 12.4. The second-order valence-electron chi connectivity index (χ2n) is 13.9. The molecule has 4 aromatic carbocycles. The molecule has 268 valence electrons. The third-order valence-corrected chi connectivity index (χ3v) is 9.11. The second-order valence-corrected chi connectivity index (χ2v) is 13.9. The Morgan fingerprint density at radius 2 is 0.942 bits per heavy atom.